The molecule has 60 heavy (non-hydrogen) atoms. The van der Waals surface area contributed by atoms with Gasteiger partial charge in [-0.25, -0.2) is 13.6 Å². The molecule has 1 N–H and O–H groups in total. The van der Waals surface area contributed by atoms with Crippen molar-refractivity contribution >= 4 is 52.4 Å². The van der Waals surface area contributed by atoms with Gasteiger partial charge in [0.1, 0.15) is 43.7 Å². The molecular weight excluding hydrogens is 807 g/mol. The van der Waals surface area contributed by atoms with Crippen LogP contribution in [-0.4, -0.2) is 115 Å². The Bertz CT molecular complexity index is 2300. The van der Waals surface area contributed by atoms with E-state index in [4.69, 9.17) is 33.9 Å². The zero-order valence-electron chi connectivity index (χ0n) is 35.6. The van der Waals surface area contributed by atoms with Crippen LogP contribution in [0.1, 0.15) is 79.2 Å². The van der Waals surface area contributed by atoms with Gasteiger partial charge in [0.2, 0.25) is 0 Å². The highest BCUT2D eigenvalue weighted by Gasteiger charge is 2.49. The topological polar surface area (TPSA) is 123 Å². The van der Waals surface area contributed by atoms with Crippen molar-refractivity contribution in [3.8, 4) is 34.2 Å². The number of hydrogen-bond acceptors (Lipinski definition) is 11. The van der Waals surface area contributed by atoms with Crippen molar-refractivity contribution in [2.45, 2.75) is 108 Å². The van der Waals surface area contributed by atoms with E-state index in [0.717, 1.165) is 32.2 Å². The van der Waals surface area contributed by atoms with Crippen molar-refractivity contribution in [3.05, 3.63) is 35.6 Å². The number of aromatic nitrogens is 3. The number of benzene rings is 2. The second kappa shape index (κ2) is 16.9. The highest BCUT2D eigenvalue weighted by atomic mass is 32.1. The molecule has 0 radical (unpaired) electrons. The monoisotopic (exact) mass is 862 g/mol. The SMILES string of the molecule is COCOc1cc(Oc2nc3c(N4C[C@@H]5CC[C@H](C4)N(C(=O)O)C5)nc(OC[C@@]45CCCN4C[C@H](F)C5)nc3s2)c2c(C#C[Si](C(C)C)(C(C)C)C(C)C)c(F)ccc2c1. The van der Waals surface area contributed by atoms with Crippen molar-refractivity contribution in [1.82, 2.24) is 24.8 Å². The molecule has 4 aromatic rings. The van der Waals surface area contributed by atoms with Gasteiger partial charge in [-0.2, -0.15) is 15.0 Å². The quantitative estimate of drug-likeness (QED) is 0.0834. The predicted molar refractivity (Wildman–Crippen MR) is 232 cm³/mol. The van der Waals surface area contributed by atoms with E-state index >= 15 is 4.39 Å². The molecule has 322 valence electrons. The van der Waals surface area contributed by atoms with Crippen LogP contribution in [-0.2, 0) is 4.74 Å². The lowest BCUT2D eigenvalue weighted by Crippen LogP contribution is -2.46. The first-order valence-corrected chi connectivity index (χ1v) is 24.3. The van der Waals surface area contributed by atoms with Crippen LogP contribution in [0.25, 0.3) is 21.1 Å². The second-order valence-electron chi connectivity index (χ2n) is 18.0. The minimum atomic E-state index is -2.25. The summed E-state index contributed by atoms with van der Waals surface area (Å²) < 4.78 is 55.1. The van der Waals surface area contributed by atoms with E-state index in [1.165, 1.54) is 24.5 Å². The van der Waals surface area contributed by atoms with Gasteiger partial charge < -0.3 is 33.9 Å². The molecule has 0 unspecified atom stereocenters. The summed E-state index contributed by atoms with van der Waals surface area (Å²) in [6, 6.07) is 6.59. The number of nitrogens with zero attached hydrogens (tertiary/aromatic N) is 6. The van der Waals surface area contributed by atoms with E-state index < -0.39 is 31.7 Å². The summed E-state index contributed by atoms with van der Waals surface area (Å²) in [5.41, 5.74) is 5.08. The highest BCUT2D eigenvalue weighted by Crippen LogP contribution is 2.45. The number of halogens is 2. The molecule has 1 amide bonds. The van der Waals surface area contributed by atoms with Gasteiger partial charge in [-0.3, -0.25) is 4.90 Å². The van der Waals surface area contributed by atoms with E-state index in [1.807, 2.05) is 6.07 Å². The van der Waals surface area contributed by atoms with Crippen molar-refractivity contribution in [2.24, 2.45) is 5.92 Å². The molecule has 16 heteroatoms. The minimum absolute atomic E-state index is 0.00485. The number of amides is 1. The maximum absolute atomic E-state index is 16.1. The Morgan fingerprint density at radius 2 is 1.82 bits per heavy atom. The maximum atomic E-state index is 16.1. The average molecular weight is 863 g/mol. The second-order valence-corrected chi connectivity index (χ2v) is 24.5. The van der Waals surface area contributed by atoms with Crippen molar-refractivity contribution in [2.75, 3.05) is 58.1 Å². The summed E-state index contributed by atoms with van der Waals surface area (Å²) in [5, 5.41) is 11.5. The number of ether oxygens (including phenoxy) is 4. The number of piperidine rings is 1. The molecule has 0 aliphatic carbocycles. The maximum Gasteiger partial charge on any atom is 0.407 e. The van der Waals surface area contributed by atoms with Gasteiger partial charge in [0.25, 0.3) is 5.19 Å². The Hall–Kier alpha value is -4.30. The van der Waals surface area contributed by atoms with E-state index in [0.29, 0.717) is 87.7 Å². The fraction of sp³-hybridized carbons (Fsp3) is 0.591. The summed E-state index contributed by atoms with van der Waals surface area (Å²) in [6.45, 7) is 16.3. The number of methoxy groups -OCH3 is 1. The number of carboxylic acid groups (broad SMARTS) is 1. The van der Waals surface area contributed by atoms with Crippen LogP contribution in [0.4, 0.5) is 19.4 Å². The third-order valence-electron chi connectivity index (χ3n) is 13.5. The molecule has 0 saturated carbocycles. The largest absolute Gasteiger partial charge is 0.467 e. The van der Waals surface area contributed by atoms with Gasteiger partial charge in [-0.15, -0.1) is 5.54 Å². The Kier molecular flexibility index (Phi) is 11.9. The van der Waals surface area contributed by atoms with Crippen LogP contribution in [0.5, 0.6) is 22.7 Å². The van der Waals surface area contributed by atoms with E-state index in [2.05, 4.69) is 62.8 Å². The normalized spacial score (nSPS) is 23.2. The lowest BCUT2D eigenvalue weighted by atomic mass is 9.95. The Morgan fingerprint density at radius 3 is 2.55 bits per heavy atom. The molecule has 0 spiro atoms. The van der Waals surface area contributed by atoms with Gasteiger partial charge in [0.05, 0.1) is 17.1 Å². The number of rotatable bonds is 12. The molecule has 2 bridgehead atoms. The number of anilines is 1. The fourth-order valence-electron chi connectivity index (χ4n) is 10.7. The smallest absolute Gasteiger partial charge is 0.407 e. The van der Waals surface area contributed by atoms with Crippen LogP contribution in [0, 0.1) is 23.2 Å². The summed E-state index contributed by atoms with van der Waals surface area (Å²) >= 11 is 1.21. The number of thiazole rings is 1. The molecular formula is C44H56F2N6O6SSi. The third kappa shape index (κ3) is 7.86. The molecule has 9 rings (SSSR count). The molecule has 12 nitrogen and oxygen atoms in total. The van der Waals surface area contributed by atoms with Crippen LogP contribution >= 0.6 is 11.3 Å². The van der Waals surface area contributed by atoms with Crippen molar-refractivity contribution < 1.29 is 37.6 Å². The first-order valence-electron chi connectivity index (χ1n) is 21.2. The molecule has 2 aromatic heterocycles. The molecule has 2 aromatic carbocycles. The van der Waals surface area contributed by atoms with Gasteiger partial charge in [-0.1, -0.05) is 64.9 Å². The molecule has 5 aliphatic heterocycles. The zero-order valence-corrected chi connectivity index (χ0v) is 37.4. The zero-order chi connectivity index (χ0) is 42.5. The predicted octanol–water partition coefficient (Wildman–Crippen LogP) is 9.26. The molecule has 5 aliphatic rings. The first-order chi connectivity index (χ1) is 28.7. The molecule has 7 heterocycles. The Labute approximate surface area is 355 Å². The number of alkyl halides is 1. The first kappa shape index (κ1) is 42.4. The molecule has 5 saturated heterocycles. The van der Waals surface area contributed by atoms with Gasteiger partial charge in [-0.05, 0) is 72.3 Å². The van der Waals surface area contributed by atoms with Gasteiger partial charge in [0.15, 0.2) is 17.4 Å². The van der Waals surface area contributed by atoms with Crippen LogP contribution in [0.2, 0.25) is 16.6 Å². The summed E-state index contributed by atoms with van der Waals surface area (Å²) in [7, 11) is -0.707. The molecule has 4 atom stereocenters. The van der Waals surface area contributed by atoms with E-state index in [9.17, 15) is 14.3 Å². The number of carbonyl (C=O) groups is 1. The van der Waals surface area contributed by atoms with Gasteiger partial charge >= 0.3 is 12.1 Å². The highest BCUT2D eigenvalue weighted by molar-refractivity contribution is 7.19. The lowest BCUT2D eigenvalue weighted by molar-refractivity contribution is 0.0511. The lowest BCUT2D eigenvalue weighted by Gasteiger charge is -2.38. The summed E-state index contributed by atoms with van der Waals surface area (Å²) in [6.07, 6.45) is 2.06. The Balaban J connectivity index is 1.23. The van der Waals surface area contributed by atoms with Crippen LogP contribution in [0.3, 0.4) is 0 Å². The van der Waals surface area contributed by atoms with Crippen molar-refractivity contribution in [1.29, 1.82) is 0 Å². The fourth-order valence-corrected chi connectivity index (χ4v) is 16.7. The Morgan fingerprint density at radius 1 is 1.03 bits per heavy atom. The van der Waals surface area contributed by atoms with E-state index in [-0.39, 0.29) is 42.1 Å². The van der Waals surface area contributed by atoms with Crippen molar-refractivity contribution in [3.63, 3.8) is 0 Å². The standard InChI is InChI=1S/C44H56F2N6O6SSi/c1-26(2)60(27(3)4,28(5)6)16-13-34-35(46)12-10-30-17-33(57-25-55-7)18-36(37(30)34)58-42-47-38-39(50-20-29-9-11-32(23-50)52(21-29)43(53)54)48-41(49-40(38)59-42)56-24-44-14-8-15-51(44)22-31(45)19-44/h10,12,17-18,26-29,31-32H,8-9,11,14-15,19-25H2,1-7H3,(H,53,54)/t29-,31+,32+,44-/m0/s1. The number of hydrogen-bond donors (Lipinski definition) is 1. The summed E-state index contributed by atoms with van der Waals surface area (Å²) in [5.74, 6) is 4.31. The number of fused-ring (bicyclic) bond motifs is 7. The van der Waals surface area contributed by atoms with Crippen LogP contribution in [0.15, 0.2) is 24.3 Å². The molecule has 5 fully saturated rings. The minimum Gasteiger partial charge on any atom is -0.467 e. The van der Waals surface area contributed by atoms with Gasteiger partial charge in [0, 0.05) is 51.2 Å². The summed E-state index contributed by atoms with van der Waals surface area (Å²) in [4.78, 5) is 33.4. The third-order valence-corrected chi connectivity index (χ3v) is 20.6. The average Bonchev–Trinajstić information content (AvgIpc) is 3.78. The van der Waals surface area contributed by atoms with Crippen LogP contribution < -0.4 is 19.1 Å². The van der Waals surface area contributed by atoms with E-state index in [1.54, 1.807) is 17.0 Å².